The van der Waals surface area contributed by atoms with Crippen molar-refractivity contribution in [1.29, 1.82) is 0 Å². The minimum Gasteiger partial charge on any atom is -0.444 e. The number of rotatable bonds is 11. The Morgan fingerprint density at radius 3 is 2.33 bits per heavy atom. The molecule has 1 amide bonds. The predicted molar refractivity (Wildman–Crippen MR) is 193 cm³/mol. The quantitative estimate of drug-likeness (QED) is 0.124. The molecule has 2 unspecified atom stereocenters. The van der Waals surface area contributed by atoms with E-state index in [1.807, 2.05) is 53.6 Å². The highest BCUT2D eigenvalue weighted by molar-refractivity contribution is 6.76. The van der Waals surface area contributed by atoms with E-state index in [0.717, 1.165) is 77.5 Å². The number of fused-ring (bicyclic) bond motifs is 3. The smallest absolute Gasteiger partial charge is 0.410 e. The third-order valence-electron chi connectivity index (χ3n) is 10.1. The van der Waals surface area contributed by atoms with Gasteiger partial charge in [-0.2, -0.15) is 20.1 Å². The van der Waals surface area contributed by atoms with Crippen LogP contribution < -0.4 is 4.90 Å². The van der Waals surface area contributed by atoms with E-state index in [9.17, 15) is 4.79 Å². The summed E-state index contributed by atoms with van der Waals surface area (Å²) in [5.41, 5.74) is 4.00. The molecule has 0 radical (unpaired) electrons. The Hall–Kier alpha value is -3.84. The minimum atomic E-state index is -1.22. The molecule has 3 fully saturated rings. The maximum absolute atomic E-state index is 13.0. The fraction of sp³-hybridized carbons (Fsp3) is 0.611. The van der Waals surface area contributed by atoms with Gasteiger partial charge in [-0.15, -0.1) is 10.2 Å². The van der Waals surface area contributed by atoms with E-state index in [1.165, 1.54) is 12.8 Å². The summed E-state index contributed by atoms with van der Waals surface area (Å²) in [6, 6.07) is 10.0. The molecule has 1 aromatic carbocycles. The first-order valence-corrected chi connectivity index (χ1v) is 21.6. The van der Waals surface area contributed by atoms with Gasteiger partial charge >= 0.3 is 6.09 Å². The summed E-state index contributed by atoms with van der Waals surface area (Å²) in [7, 11) is 0.869. The van der Waals surface area contributed by atoms with Crippen LogP contribution in [0.5, 0.6) is 0 Å². The molecular weight excluding hydrogens is 635 g/mol. The minimum absolute atomic E-state index is 0.184. The molecule has 0 spiro atoms. The highest BCUT2D eigenvalue weighted by atomic mass is 28.3. The van der Waals surface area contributed by atoms with Crippen molar-refractivity contribution < 1.29 is 14.3 Å². The number of piperidine rings is 1. The van der Waals surface area contributed by atoms with Crippen LogP contribution in [0.1, 0.15) is 59.3 Å². The first kappa shape index (κ1) is 33.6. The fourth-order valence-corrected chi connectivity index (χ4v) is 7.98. The number of nitrogens with zero attached hydrogens (tertiary/aromatic N) is 9. The van der Waals surface area contributed by atoms with Crippen molar-refractivity contribution >= 4 is 30.9 Å². The highest BCUT2D eigenvalue weighted by Gasteiger charge is 2.46. The average molecular weight is 686 g/mol. The third kappa shape index (κ3) is 7.52. The Labute approximate surface area is 290 Å². The van der Waals surface area contributed by atoms with Crippen molar-refractivity contribution in [3.8, 4) is 22.5 Å². The molecule has 0 N–H and O–H groups in total. The number of ether oxygens (including phenoxy) is 2. The Morgan fingerprint density at radius 2 is 1.67 bits per heavy atom. The number of carbonyl (C=O) groups excluding carboxylic acids is 1. The maximum atomic E-state index is 13.0. The summed E-state index contributed by atoms with van der Waals surface area (Å²) in [6.07, 6.45) is 9.88. The van der Waals surface area contributed by atoms with Crippen LogP contribution in [0.4, 0.5) is 10.6 Å². The first-order valence-electron chi connectivity index (χ1n) is 17.9. The molecule has 1 saturated carbocycles. The molecular formula is C36H51N9O3Si. The number of amides is 1. The van der Waals surface area contributed by atoms with E-state index in [4.69, 9.17) is 29.9 Å². The Balaban J connectivity index is 1.12. The number of hydrogen-bond acceptors (Lipinski definition) is 9. The summed E-state index contributed by atoms with van der Waals surface area (Å²) >= 11 is 0. The van der Waals surface area contributed by atoms with Gasteiger partial charge in [0.15, 0.2) is 5.82 Å². The maximum Gasteiger partial charge on any atom is 0.410 e. The number of benzene rings is 1. The zero-order valence-electron chi connectivity index (χ0n) is 30.1. The molecule has 2 atom stereocenters. The van der Waals surface area contributed by atoms with Crippen LogP contribution in [0.2, 0.25) is 25.7 Å². The molecule has 2 aliphatic heterocycles. The molecule has 12 nitrogen and oxygen atoms in total. The summed E-state index contributed by atoms with van der Waals surface area (Å²) in [6.45, 7) is 14.8. The van der Waals surface area contributed by atoms with Gasteiger partial charge in [-0.3, -0.25) is 0 Å². The summed E-state index contributed by atoms with van der Waals surface area (Å²) in [5.74, 6) is 1.52. The molecule has 2 saturated heterocycles. The monoisotopic (exact) mass is 685 g/mol. The Morgan fingerprint density at radius 1 is 0.939 bits per heavy atom. The average Bonchev–Trinajstić information content (AvgIpc) is 3.44. The Kier molecular flexibility index (Phi) is 9.01. The molecule has 1 aliphatic carbocycles. The number of carbonyl (C=O) groups is 1. The number of hydrogen-bond donors (Lipinski definition) is 0. The van der Waals surface area contributed by atoms with Crippen molar-refractivity contribution in [1.82, 2.24) is 39.9 Å². The molecule has 3 aromatic heterocycles. The lowest BCUT2D eigenvalue weighted by Crippen LogP contribution is -2.53. The molecule has 2 bridgehead atoms. The molecule has 5 heterocycles. The van der Waals surface area contributed by atoms with Gasteiger partial charge < -0.3 is 19.3 Å². The fourth-order valence-electron chi connectivity index (χ4n) is 7.22. The van der Waals surface area contributed by atoms with Crippen LogP contribution in [0.3, 0.4) is 0 Å². The number of anilines is 1. The normalized spacial score (nSPS) is 21.0. The first-order chi connectivity index (χ1) is 23.3. The van der Waals surface area contributed by atoms with Gasteiger partial charge in [0.05, 0.1) is 30.1 Å². The van der Waals surface area contributed by atoms with Crippen molar-refractivity contribution in [2.24, 2.45) is 5.92 Å². The molecule has 4 aromatic rings. The molecule has 3 aliphatic rings. The van der Waals surface area contributed by atoms with Gasteiger partial charge in [0.1, 0.15) is 18.0 Å². The molecule has 262 valence electrons. The zero-order valence-corrected chi connectivity index (χ0v) is 31.1. The van der Waals surface area contributed by atoms with E-state index in [2.05, 4.69) is 54.9 Å². The molecule has 7 rings (SSSR count). The van der Waals surface area contributed by atoms with Crippen LogP contribution >= 0.6 is 0 Å². The largest absolute Gasteiger partial charge is 0.444 e. The molecule has 49 heavy (non-hydrogen) atoms. The van der Waals surface area contributed by atoms with E-state index in [0.29, 0.717) is 19.3 Å². The van der Waals surface area contributed by atoms with Crippen molar-refractivity contribution in [3.05, 3.63) is 36.7 Å². The lowest BCUT2D eigenvalue weighted by molar-refractivity contribution is 0.00596. The van der Waals surface area contributed by atoms with E-state index in [-0.39, 0.29) is 24.2 Å². The molecule has 13 heteroatoms. The van der Waals surface area contributed by atoms with Crippen molar-refractivity contribution in [2.75, 3.05) is 18.6 Å². The van der Waals surface area contributed by atoms with Gasteiger partial charge in [0.2, 0.25) is 0 Å². The van der Waals surface area contributed by atoms with Gasteiger partial charge in [-0.05, 0) is 89.5 Å². The van der Waals surface area contributed by atoms with Gasteiger partial charge in [-0.1, -0.05) is 25.7 Å². The van der Waals surface area contributed by atoms with Crippen molar-refractivity contribution in [3.63, 3.8) is 0 Å². The van der Waals surface area contributed by atoms with E-state index in [1.54, 1.807) is 0 Å². The van der Waals surface area contributed by atoms with E-state index >= 15 is 0 Å². The van der Waals surface area contributed by atoms with Crippen LogP contribution in [0.25, 0.3) is 33.4 Å². The van der Waals surface area contributed by atoms with Gasteiger partial charge in [-0.25, -0.2) is 9.48 Å². The van der Waals surface area contributed by atoms with E-state index < -0.39 is 13.7 Å². The van der Waals surface area contributed by atoms with Crippen LogP contribution in [-0.4, -0.2) is 91.4 Å². The lowest BCUT2D eigenvalue weighted by atomic mass is 9.96. The second kappa shape index (κ2) is 13.1. The third-order valence-corrected chi connectivity index (χ3v) is 11.8. The topological polar surface area (TPSA) is 116 Å². The van der Waals surface area contributed by atoms with Crippen LogP contribution in [0, 0.1) is 5.92 Å². The summed E-state index contributed by atoms with van der Waals surface area (Å²) < 4.78 is 13.8. The SMILES string of the molecule is CN(c1ccc(-c2ccc(-c3cnn(CC4CC4)n3)c3cnn(COCC[Si](C)(C)C)c23)nn1)C1CC2CCC(C1)N2C(=O)OC(C)(C)C. The van der Waals surface area contributed by atoms with Crippen LogP contribution in [0.15, 0.2) is 36.7 Å². The second-order valence-corrected chi connectivity index (χ2v) is 22.0. The summed E-state index contributed by atoms with van der Waals surface area (Å²) in [5, 5.41) is 24.7. The standard InChI is InChI=1S/C36H51N9O3Si/c1-36(2,3)48-35(46)45-25-10-11-26(45)19-27(18-25)42(4)33-15-14-31(39-40-33)29-13-12-28(32-21-38-44(41-32)22-24-8-9-24)30-20-37-43(34(29)30)23-47-16-17-49(5,6)7/h12-15,20-21,24-27H,8-11,16-19,22-23H2,1-7H3. The van der Waals surface area contributed by atoms with Gasteiger partial charge in [0.25, 0.3) is 0 Å². The van der Waals surface area contributed by atoms with Crippen molar-refractivity contribution in [2.45, 2.75) is 122 Å². The highest BCUT2D eigenvalue weighted by Crippen LogP contribution is 2.40. The second-order valence-electron chi connectivity index (χ2n) is 16.4. The zero-order chi connectivity index (χ0) is 34.5. The van der Waals surface area contributed by atoms with Gasteiger partial charge in [0, 0.05) is 56.4 Å². The number of aromatic nitrogens is 7. The lowest BCUT2D eigenvalue weighted by Gasteiger charge is -2.42. The Bertz CT molecular complexity index is 1770. The predicted octanol–water partition coefficient (Wildman–Crippen LogP) is 6.84. The van der Waals surface area contributed by atoms with Crippen LogP contribution in [-0.2, 0) is 22.7 Å². The summed E-state index contributed by atoms with van der Waals surface area (Å²) in [4.78, 5) is 19.0.